The molecular formula is C18H29Cl2N3O2. The molecule has 0 radical (unpaired) electrons. The highest BCUT2D eigenvalue weighted by molar-refractivity contribution is 5.85. The molecule has 0 aromatic heterocycles. The van der Waals surface area contributed by atoms with Gasteiger partial charge in [0.25, 0.3) is 0 Å². The van der Waals surface area contributed by atoms with Gasteiger partial charge in [0.05, 0.1) is 18.1 Å². The smallest absolute Gasteiger partial charge is 0.227 e. The highest BCUT2D eigenvalue weighted by Gasteiger charge is 2.36. The van der Waals surface area contributed by atoms with Gasteiger partial charge < -0.3 is 15.4 Å². The Morgan fingerprint density at radius 3 is 2.80 bits per heavy atom. The van der Waals surface area contributed by atoms with E-state index in [9.17, 15) is 4.79 Å². The SMILES string of the molecule is CC1(C(=O)NCC2CN(Cc3ccccc3)CCO2)CCNC1.Cl.Cl. The summed E-state index contributed by atoms with van der Waals surface area (Å²) in [6, 6.07) is 10.5. The van der Waals surface area contributed by atoms with Crippen molar-refractivity contribution in [1.29, 1.82) is 0 Å². The number of rotatable bonds is 5. The zero-order chi connectivity index (χ0) is 16.1. The molecular weight excluding hydrogens is 361 g/mol. The van der Waals surface area contributed by atoms with Crippen LogP contribution in [0.2, 0.25) is 0 Å². The highest BCUT2D eigenvalue weighted by Crippen LogP contribution is 2.24. The first-order valence-electron chi connectivity index (χ1n) is 8.53. The van der Waals surface area contributed by atoms with E-state index >= 15 is 0 Å². The maximum absolute atomic E-state index is 12.4. The number of morpholine rings is 1. The number of ether oxygens (including phenoxy) is 1. The molecule has 2 aliphatic heterocycles. The minimum Gasteiger partial charge on any atom is -0.374 e. The molecule has 0 aliphatic carbocycles. The summed E-state index contributed by atoms with van der Waals surface area (Å²) in [6.45, 7) is 7.80. The predicted octanol–water partition coefficient (Wildman–Crippen LogP) is 1.85. The van der Waals surface area contributed by atoms with Crippen molar-refractivity contribution in [2.45, 2.75) is 26.0 Å². The summed E-state index contributed by atoms with van der Waals surface area (Å²) in [7, 11) is 0. The molecule has 0 saturated carbocycles. The number of carbonyl (C=O) groups is 1. The molecule has 1 aromatic rings. The van der Waals surface area contributed by atoms with Crippen LogP contribution in [0.15, 0.2) is 30.3 Å². The second-order valence-corrected chi connectivity index (χ2v) is 6.91. The fraction of sp³-hybridized carbons (Fsp3) is 0.611. The lowest BCUT2D eigenvalue weighted by atomic mass is 9.89. The number of hydrogen-bond donors (Lipinski definition) is 2. The molecule has 1 amide bonds. The highest BCUT2D eigenvalue weighted by atomic mass is 35.5. The van der Waals surface area contributed by atoms with E-state index in [1.54, 1.807) is 0 Å². The van der Waals surface area contributed by atoms with Crippen LogP contribution in [0.1, 0.15) is 18.9 Å². The molecule has 2 atom stereocenters. The Labute approximate surface area is 162 Å². The molecule has 142 valence electrons. The van der Waals surface area contributed by atoms with E-state index in [1.165, 1.54) is 5.56 Å². The van der Waals surface area contributed by atoms with Gasteiger partial charge in [0.2, 0.25) is 5.91 Å². The summed E-state index contributed by atoms with van der Waals surface area (Å²) >= 11 is 0. The Morgan fingerprint density at radius 1 is 1.36 bits per heavy atom. The monoisotopic (exact) mass is 389 g/mol. The Hall–Kier alpha value is -0.850. The first-order chi connectivity index (χ1) is 11.2. The summed E-state index contributed by atoms with van der Waals surface area (Å²) in [5.41, 5.74) is 1.06. The average Bonchev–Trinajstić information content (AvgIpc) is 3.02. The van der Waals surface area contributed by atoms with Crippen LogP contribution in [0.5, 0.6) is 0 Å². The molecule has 3 rings (SSSR count). The zero-order valence-corrected chi connectivity index (χ0v) is 16.3. The van der Waals surface area contributed by atoms with E-state index in [0.29, 0.717) is 6.54 Å². The first-order valence-corrected chi connectivity index (χ1v) is 8.53. The molecule has 1 aromatic carbocycles. The predicted molar refractivity (Wildman–Crippen MR) is 105 cm³/mol. The van der Waals surface area contributed by atoms with Crippen molar-refractivity contribution in [3.8, 4) is 0 Å². The number of benzene rings is 1. The largest absolute Gasteiger partial charge is 0.374 e. The maximum atomic E-state index is 12.4. The van der Waals surface area contributed by atoms with Gasteiger partial charge in [-0.25, -0.2) is 0 Å². The number of amides is 1. The van der Waals surface area contributed by atoms with E-state index in [2.05, 4.69) is 39.8 Å². The van der Waals surface area contributed by atoms with Crippen molar-refractivity contribution in [2.24, 2.45) is 5.41 Å². The minimum absolute atomic E-state index is 0. The molecule has 25 heavy (non-hydrogen) atoms. The Morgan fingerprint density at radius 2 is 2.12 bits per heavy atom. The van der Waals surface area contributed by atoms with Crippen molar-refractivity contribution in [3.63, 3.8) is 0 Å². The summed E-state index contributed by atoms with van der Waals surface area (Å²) < 4.78 is 5.82. The molecule has 2 unspecified atom stereocenters. The van der Waals surface area contributed by atoms with Gasteiger partial charge in [-0.05, 0) is 25.5 Å². The van der Waals surface area contributed by atoms with Gasteiger partial charge in [-0.1, -0.05) is 30.3 Å². The molecule has 0 spiro atoms. The molecule has 7 heteroatoms. The molecule has 2 N–H and O–H groups in total. The standard InChI is InChI=1S/C18H27N3O2.2ClH/c1-18(7-8-19-14-18)17(22)20-11-16-13-21(9-10-23-16)12-15-5-3-2-4-6-15;;/h2-6,16,19H,7-14H2,1H3,(H,20,22);2*1H. The maximum Gasteiger partial charge on any atom is 0.227 e. The normalized spacial score (nSPS) is 26.4. The van der Waals surface area contributed by atoms with Crippen LogP contribution in [-0.4, -0.2) is 56.2 Å². The van der Waals surface area contributed by atoms with E-state index in [-0.39, 0.29) is 42.2 Å². The van der Waals surface area contributed by atoms with Crippen LogP contribution < -0.4 is 10.6 Å². The third kappa shape index (κ3) is 6.12. The minimum atomic E-state index is -0.265. The van der Waals surface area contributed by atoms with Gasteiger partial charge in [0.15, 0.2) is 0 Å². The lowest BCUT2D eigenvalue weighted by Crippen LogP contribution is -2.49. The van der Waals surface area contributed by atoms with Gasteiger partial charge in [-0.15, -0.1) is 24.8 Å². The van der Waals surface area contributed by atoms with Crippen molar-refractivity contribution >= 4 is 30.7 Å². The zero-order valence-electron chi connectivity index (χ0n) is 14.7. The second-order valence-electron chi connectivity index (χ2n) is 6.91. The molecule has 2 aliphatic rings. The molecule has 2 fully saturated rings. The summed E-state index contributed by atoms with van der Waals surface area (Å²) in [6.07, 6.45) is 0.985. The fourth-order valence-corrected chi connectivity index (χ4v) is 3.32. The summed E-state index contributed by atoms with van der Waals surface area (Å²) in [4.78, 5) is 14.8. The quantitative estimate of drug-likeness (QED) is 0.806. The van der Waals surface area contributed by atoms with Crippen molar-refractivity contribution in [3.05, 3.63) is 35.9 Å². The van der Waals surface area contributed by atoms with Gasteiger partial charge in [-0.3, -0.25) is 9.69 Å². The summed E-state index contributed by atoms with van der Waals surface area (Å²) in [5.74, 6) is 0.145. The van der Waals surface area contributed by atoms with E-state index in [1.807, 2.05) is 13.0 Å². The third-order valence-electron chi connectivity index (χ3n) is 4.88. The van der Waals surface area contributed by atoms with Crippen molar-refractivity contribution in [2.75, 3.05) is 39.3 Å². The number of nitrogens with one attached hydrogen (secondary N) is 2. The Bertz CT molecular complexity index is 524. The van der Waals surface area contributed by atoms with Crippen LogP contribution >= 0.6 is 24.8 Å². The van der Waals surface area contributed by atoms with Gasteiger partial charge in [-0.2, -0.15) is 0 Å². The van der Waals surface area contributed by atoms with Gasteiger partial charge >= 0.3 is 0 Å². The number of carbonyl (C=O) groups excluding carboxylic acids is 1. The lowest BCUT2D eigenvalue weighted by Gasteiger charge is -2.33. The lowest BCUT2D eigenvalue weighted by molar-refractivity contribution is -0.130. The van der Waals surface area contributed by atoms with Gasteiger partial charge in [0, 0.05) is 32.7 Å². The van der Waals surface area contributed by atoms with Crippen LogP contribution in [0.3, 0.4) is 0 Å². The van der Waals surface area contributed by atoms with Crippen LogP contribution in [-0.2, 0) is 16.1 Å². The average molecular weight is 390 g/mol. The second kappa shape index (κ2) is 10.3. The summed E-state index contributed by atoms with van der Waals surface area (Å²) in [5, 5.41) is 6.35. The molecule has 2 saturated heterocycles. The van der Waals surface area contributed by atoms with Crippen molar-refractivity contribution < 1.29 is 9.53 Å². The number of hydrogen-bond acceptors (Lipinski definition) is 4. The van der Waals surface area contributed by atoms with E-state index < -0.39 is 0 Å². The topological polar surface area (TPSA) is 53.6 Å². The Kier molecular flexibility index (Phi) is 9.17. The van der Waals surface area contributed by atoms with Gasteiger partial charge in [0.1, 0.15) is 0 Å². The van der Waals surface area contributed by atoms with E-state index in [4.69, 9.17) is 4.74 Å². The molecule has 0 bridgehead atoms. The van der Waals surface area contributed by atoms with Crippen LogP contribution in [0, 0.1) is 5.41 Å². The first kappa shape index (κ1) is 22.2. The van der Waals surface area contributed by atoms with Crippen LogP contribution in [0.25, 0.3) is 0 Å². The third-order valence-corrected chi connectivity index (χ3v) is 4.88. The fourth-order valence-electron chi connectivity index (χ4n) is 3.32. The molecule has 2 heterocycles. The Balaban J connectivity index is 0.00000156. The molecule has 5 nitrogen and oxygen atoms in total. The van der Waals surface area contributed by atoms with Crippen LogP contribution in [0.4, 0.5) is 0 Å². The van der Waals surface area contributed by atoms with Crippen molar-refractivity contribution in [1.82, 2.24) is 15.5 Å². The number of nitrogens with zero attached hydrogens (tertiary/aromatic N) is 1. The van der Waals surface area contributed by atoms with E-state index in [0.717, 1.165) is 45.8 Å². The number of halogens is 2.